The largest absolute Gasteiger partial charge is 1.00 e. The van der Waals surface area contributed by atoms with Crippen LogP contribution in [0.4, 0.5) is 15.9 Å². The number of aryl methyl sites for hydroxylation is 2. The summed E-state index contributed by atoms with van der Waals surface area (Å²) in [5.74, 6) is 5.12. The van der Waals surface area contributed by atoms with Crippen molar-refractivity contribution >= 4 is 34.4 Å². The Kier molecular flexibility index (Phi) is 35.8. The number of aromatic nitrogens is 2. The summed E-state index contributed by atoms with van der Waals surface area (Å²) >= 11 is 0. The maximum Gasteiger partial charge on any atom is 1.00 e. The second-order valence-electron chi connectivity index (χ2n) is 13.6. The van der Waals surface area contributed by atoms with Crippen LogP contribution in [0.5, 0.6) is 11.5 Å². The molecule has 0 saturated carbocycles. The van der Waals surface area contributed by atoms with Gasteiger partial charge in [-0.15, -0.1) is 19.3 Å². The number of terminal acetylenes is 1. The Labute approximate surface area is 401 Å². The number of allylic oxidation sites excluding steroid dienone is 3. The summed E-state index contributed by atoms with van der Waals surface area (Å²) < 4.78 is 27.6. The molecular formula is C49H73FKN5O3-2. The summed E-state index contributed by atoms with van der Waals surface area (Å²) in [4.78, 5) is 19.9. The number of unbranched alkanes of at least 4 members (excludes halogenated alkanes) is 2. The van der Waals surface area contributed by atoms with Crippen molar-refractivity contribution in [3.63, 3.8) is 0 Å². The fraction of sp³-hybridized carbons (Fsp3) is 0.449. The van der Waals surface area contributed by atoms with Crippen molar-refractivity contribution in [3.05, 3.63) is 105 Å². The number of fused-ring (bicyclic) bond motifs is 1. The summed E-state index contributed by atoms with van der Waals surface area (Å²) in [7, 11) is 0. The Morgan fingerprint density at radius 2 is 1.76 bits per heavy atom. The molecule has 322 valence electrons. The first-order valence-electron chi connectivity index (χ1n) is 20.1. The first-order chi connectivity index (χ1) is 26.9. The van der Waals surface area contributed by atoms with E-state index in [0.29, 0.717) is 42.1 Å². The molecule has 0 spiro atoms. The van der Waals surface area contributed by atoms with Gasteiger partial charge >= 0.3 is 51.4 Å². The number of nitrogens with zero attached hydrogens (tertiary/aromatic N) is 4. The zero-order chi connectivity index (χ0) is 41.9. The van der Waals surface area contributed by atoms with Gasteiger partial charge < -0.3 is 34.4 Å². The molecule has 2 heterocycles. The van der Waals surface area contributed by atoms with E-state index < -0.39 is 5.82 Å². The molecule has 3 aromatic rings. The number of carbonyl (C=O) groups excluding carboxylic acids is 1. The molecule has 0 fully saturated rings. The van der Waals surface area contributed by atoms with E-state index in [-0.39, 0.29) is 77.9 Å². The van der Waals surface area contributed by atoms with E-state index in [4.69, 9.17) is 15.9 Å². The van der Waals surface area contributed by atoms with Crippen molar-refractivity contribution in [3.8, 4) is 23.8 Å². The van der Waals surface area contributed by atoms with Crippen molar-refractivity contribution in [2.45, 2.75) is 121 Å². The minimum Gasteiger partial charge on any atom is -0.492 e. The molecular weight excluding hydrogens is 765 g/mol. The van der Waals surface area contributed by atoms with Crippen LogP contribution in [0, 0.1) is 65.1 Å². The number of ether oxygens (including phenoxy) is 2. The molecule has 2 atom stereocenters. The smallest absolute Gasteiger partial charge is 0.492 e. The van der Waals surface area contributed by atoms with Crippen LogP contribution in [-0.2, 0) is 4.79 Å². The fourth-order valence-electron chi connectivity index (χ4n) is 4.83. The predicted molar refractivity (Wildman–Crippen MR) is 248 cm³/mol. The van der Waals surface area contributed by atoms with E-state index >= 15 is 4.39 Å². The van der Waals surface area contributed by atoms with Gasteiger partial charge in [-0.1, -0.05) is 80.2 Å². The molecule has 1 aliphatic rings. The summed E-state index contributed by atoms with van der Waals surface area (Å²) in [6, 6.07) is 7.04. The number of halogens is 1. The molecule has 0 saturated heterocycles. The summed E-state index contributed by atoms with van der Waals surface area (Å²) in [5, 5.41) is 9.91. The Hall–Kier alpha value is -3.46. The first-order valence-corrected chi connectivity index (χ1v) is 20.1. The van der Waals surface area contributed by atoms with Crippen molar-refractivity contribution in [1.29, 1.82) is 0 Å². The van der Waals surface area contributed by atoms with Gasteiger partial charge in [-0.25, -0.2) is 26.9 Å². The Morgan fingerprint density at radius 1 is 1.08 bits per heavy atom. The van der Waals surface area contributed by atoms with Gasteiger partial charge in [0.25, 0.3) is 0 Å². The molecule has 8 nitrogen and oxygen atoms in total. The molecule has 0 aliphatic carbocycles. The second-order valence-corrected chi connectivity index (χ2v) is 13.6. The average Bonchev–Trinajstić information content (AvgIpc) is 3.21. The average molecular weight is 838 g/mol. The Morgan fingerprint density at radius 3 is 2.31 bits per heavy atom. The van der Waals surface area contributed by atoms with Crippen LogP contribution in [0.2, 0.25) is 0 Å². The van der Waals surface area contributed by atoms with Crippen molar-refractivity contribution in [1.82, 2.24) is 15.0 Å². The van der Waals surface area contributed by atoms with E-state index in [9.17, 15) is 4.79 Å². The molecule has 2 unspecified atom stereocenters. The van der Waals surface area contributed by atoms with Gasteiger partial charge in [-0.2, -0.15) is 11.2 Å². The van der Waals surface area contributed by atoms with Gasteiger partial charge in [0.05, 0.1) is 35.5 Å². The normalized spacial score (nSPS) is 12.3. The molecule has 0 bridgehead atoms. The van der Waals surface area contributed by atoms with E-state index in [2.05, 4.69) is 54.0 Å². The topological polar surface area (TPSA) is 88.9 Å². The molecule has 2 aromatic carbocycles. The number of carbonyl (C=O) groups is 1. The van der Waals surface area contributed by atoms with E-state index in [0.717, 1.165) is 53.5 Å². The van der Waals surface area contributed by atoms with Crippen molar-refractivity contribution in [2.75, 3.05) is 18.5 Å². The summed E-state index contributed by atoms with van der Waals surface area (Å²) in [5.41, 5.74) is 2.80. The number of anilines is 2. The quantitative estimate of drug-likeness (QED) is 0.0505. The number of benzene rings is 2. The van der Waals surface area contributed by atoms with E-state index in [1.165, 1.54) is 31.7 Å². The summed E-state index contributed by atoms with van der Waals surface area (Å²) in [6.07, 6.45) is 26.6. The van der Waals surface area contributed by atoms with Crippen molar-refractivity contribution < 1.29 is 70.0 Å². The number of nitrogens with one attached hydrogen (secondary N) is 1. The van der Waals surface area contributed by atoms with Gasteiger partial charge in [0.1, 0.15) is 35.2 Å². The Balaban J connectivity index is -0.00000126. The predicted octanol–water partition coefficient (Wildman–Crippen LogP) is 10.6. The van der Waals surface area contributed by atoms with Gasteiger partial charge in [0.2, 0.25) is 0 Å². The Bertz CT molecular complexity index is 1780. The zero-order valence-electron chi connectivity index (χ0n) is 38.9. The SMILES string of the molecule is C#CCC.C/C=N\N1C=CC(Oc2cc(F)c(Nc3ncnc4ccc(C)c(OCC(C)CCCC)c34)cc2C)=CC1.CCCC.C[CH-]/C=C/C(=O)C(C)CC.[CH3-].[CH3-].[K+]. The van der Waals surface area contributed by atoms with Crippen LogP contribution in [0.1, 0.15) is 118 Å². The van der Waals surface area contributed by atoms with Crippen LogP contribution < -0.4 is 66.2 Å². The third kappa shape index (κ3) is 22.6. The van der Waals surface area contributed by atoms with Crippen LogP contribution in [0.15, 0.2) is 72.0 Å². The molecule has 59 heavy (non-hydrogen) atoms. The molecule has 0 radical (unpaired) electrons. The monoisotopic (exact) mass is 838 g/mol. The molecule has 10 heteroatoms. The minimum atomic E-state index is -0.446. The molecule has 1 aliphatic heterocycles. The second kappa shape index (κ2) is 35.3. The van der Waals surface area contributed by atoms with Gasteiger partial charge in [-0.05, 0) is 74.9 Å². The van der Waals surface area contributed by atoms with Gasteiger partial charge in [0.15, 0.2) is 0 Å². The molecule has 1 aromatic heterocycles. The number of rotatable bonds is 16. The van der Waals surface area contributed by atoms with Crippen LogP contribution in [-0.4, -0.2) is 40.1 Å². The molecule has 0 amide bonds. The number of hydrogen-bond acceptors (Lipinski definition) is 8. The maximum atomic E-state index is 15.3. The molecule has 1 N–H and O–H groups in total. The fourth-order valence-corrected chi connectivity index (χ4v) is 4.83. The third-order valence-electron chi connectivity index (χ3n) is 8.67. The van der Waals surface area contributed by atoms with E-state index in [1.54, 1.807) is 35.5 Å². The molecule has 4 rings (SSSR count). The number of hydrazone groups is 1. The third-order valence-corrected chi connectivity index (χ3v) is 8.67. The zero-order valence-corrected chi connectivity index (χ0v) is 42.0. The summed E-state index contributed by atoms with van der Waals surface area (Å²) in [6.45, 7) is 23.5. The minimum absolute atomic E-state index is 0. The van der Waals surface area contributed by atoms with E-state index in [1.807, 2.05) is 79.3 Å². The standard InChI is InChI=1S/C30H36FN5O2.C9H15O.C4H10.C4H6.2CH3.K/c1-6-8-9-20(3)18-37-29-21(4)10-11-25-28(29)30(33-19-32-25)35-26-16-22(5)27(17-24(26)31)38-23-12-14-36(15-13-23)34-7-2;1-4-6-7-9(10)8(3)5-2;2*1-3-4-2;;;/h7,10-14,16-17,19-20H,6,8-9,15,18H2,1-5H3,(H,32,33,35);4,6-8H,5H2,1-3H3;3-4H2,1-2H3;1H,4H2,2H3;2*1H3;/q;-1;;;2*-1;+1/b34-7-;7-6+;;;;;. The van der Waals surface area contributed by atoms with Crippen LogP contribution in [0.3, 0.4) is 0 Å². The number of hydrogen-bond donors (Lipinski definition) is 1. The maximum absolute atomic E-state index is 15.3. The van der Waals surface area contributed by atoms with Crippen LogP contribution in [0.25, 0.3) is 10.9 Å². The van der Waals surface area contributed by atoms with Crippen LogP contribution >= 0.6 is 0 Å². The van der Waals surface area contributed by atoms with Crippen molar-refractivity contribution in [2.24, 2.45) is 16.9 Å². The van der Waals surface area contributed by atoms with Gasteiger partial charge in [0, 0.05) is 30.8 Å². The first kappa shape index (κ1) is 59.8. The number of ketones is 1. The van der Waals surface area contributed by atoms with Gasteiger partial charge in [-0.3, -0.25) is 5.01 Å².